The summed E-state index contributed by atoms with van der Waals surface area (Å²) in [5.74, 6) is 1.70. The highest BCUT2D eigenvalue weighted by Crippen LogP contribution is 2.29. The van der Waals surface area contributed by atoms with E-state index in [4.69, 9.17) is 9.47 Å². The summed E-state index contributed by atoms with van der Waals surface area (Å²) in [6, 6.07) is 20.4. The van der Waals surface area contributed by atoms with Crippen LogP contribution in [0.2, 0.25) is 0 Å². The first-order chi connectivity index (χ1) is 12.7. The minimum absolute atomic E-state index is 0.213. The maximum Gasteiger partial charge on any atom is 0.128 e. The van der Waals surface area contributed by atoms with Gasteiger partial charge in [0, 0.05) is 24.3 Å². The Morgan fingerprint density at radius 3 is 2.58 bits per heavy atom. The van der Waals surface area contributed by atoms with Crippen LogP contribution >= 0.6 is 0 Å². The molecule has 26 heavy (non-hydrogen) atoms. The predicted molar refractivity (Wildman–Crippen MR) is 104 cm³/mol. The van der Waals surface area contributed by atoms with Crippen molar-refractivity contribution in [3.63, 3.8) is 0 Å². The third kappa shape index (κ3) is 4.21. The number of nitrogens with one attached hydrogen (secondary N) is 1. The number of rotatable bonds is 7. The lowest BCUT2D eigenvalue weighted by Gasteiger charge is -2.16. The van der Waals surface area contributed by atoms with E-state index in [2.05, 4.69) is 41.5 Å². The summed E-state index contributed by atoms with van der Waals surface area (Å²) in [6.07, 6.45) is 1.80. The van der Waals surface area contributed by atoms with Gasteiger partial charge in [-0.3, -0.25) is 4.98 Å². The molecule has 2 aromatic carbocycles. The fourth-order valence-electron chi connectivity index (χ4n) is 2.89. The van der Waals surface area contributed by atoms with Gasteiger partial charge in [-0.1, -0.05) is 24.3 Å². The van der Waals surface area contributed by atoms with Gasteiger partial charge in [-0.15, -0.1) is 0 Å². The molecule has 0 amide bonds. The number of nitrogens with zero attached hydrogens (tertiary/aromatic N) is 1. The average molecular weight is 348 g/mol. The van der Waals surface area contributed by atoms with Crippen LogP contribution in [0.15, 0.2) is 66.9 Å². The number of pyridine rings is 1. The van der Waals surface area contributed by atoms with Crippen LogP contribution in [0.5, 0.6) is 11.5 Å². The van der Waals surface area contributed by atoms with Crippen molar-refractivity contribution in [1.82, 2.24) is 10.3 Å². The molecule has 3 aromatic rings. The highest BCUT2D eigenvalue weighted by molar-refractivity contribution is 5.67. The molecular weight excluding hydrogens is 324 g/mol. The van der Waals surface area contributed by atoms with Gasteiger partial charge in [0.15, 0.2) is 0 Å². The Hall–Kier alpha value is -2.85. The molecule has 0 fully saturated rings. The van der Waals surface area contributed by atoms with E-state index in [-0.39, 0.29) is 6.04 Å². The minimum Gasteiger partial charge on any atom is -0.497 e. The van der Waals surface area contributed by atoms with E-state index in [1.54, 1.807) is 20.4 Å². The predicted octanol–water partition coefficient (Wildman–Crippen LogP) is 4.62. The molecule has 0 unspecified atom stereocenters. The third-order valence-electron chi connectivity index (χ3n) is 4.41. The highest BCUT2D eigenvalue weighted by Gasteiger charge is 2.10. The van der Waals surface area contributed by atoms with Crippen LogP contribution in [0.25, 0.3) is 11.3 Å². The molecule has 134 valence electrons. The first kappa shape index (κ1) is 18.0. The molecule has 0 spiro atoms. The van der Waals surface area contributed by atoms with Gasteiger partial charge in [-0.05, 0) is 54.4 Å². The Labute approximate surface area is 154 Å². The van der Waals surface area contributed by atoms with Crippen molar-refractivity contribution in [2.24, 2.45) is 0 Å². The van der Waals surface area contributed by atoms with Gasteiger partial charge in [0.2, 0.25) is 0 Å². The van der Waals surface area contributed by atoms with Crippen molar-refractivity contribution in [3.05, 3.63) is 78.0 Å². The zero-order valence-corrected chi connectivity index (χ0v) is 15.4. The number of methoxy groups -OCH3 is 2. The molecule has 1 aromatic heterocycles. The molecular formula is C22H24N2O2. The number of aromatic nitrogens is 1. The van der Waals surface area contributed by atoms with E-state index >= 15 is 0 Å². The fourth-order valence-corrected chi connectivity index (χ4v) is 2.89. The maximum absolute atomic E-state index is 5.50. The summed E-state index contributed by atoms with van der Waals surface area (Å²) in [6.45, 7) is 2.90. The van der Waals surface area contributed by atoms with Gasteiger partial charge in [0.25, 0.3) is 0 Å². The van der Waals surface area contributed by atoms with Crippen LogP contribution in [0.4, 0.5) is 0 Å². The van der Waals surface area contributed by atoms with Crippen LogP contribution < -0.4 is 14.8 Å². The largest absolute Gasteiger partial charge is 0.497 e. The summed E-state index contributed by atoms with van der Waals surface area (Å²) in [7, 11) is 3.37. The zero-order valence-electron chi connectivity index (χ0n) is 15.4. The number of hydrogen-bond donors (Lipinski definition) is 1. The topological polar surface area (TPSA) is 43.4 Å². The van der Waals surface area contributed by atoms with Crippen molar-refractivity contribution < 1.29 is 9.47 Å². The summed E-state index contributed by atoms with van der Waals surface area (Å²) >= 11 is 0. The molecule has 1 heterocycles. The van der Waals surface area contributed by atoms with E-state index in [1.165, 1.54) is 11.1 Å². The Bertz CT molecular complexity index is 850. The number of ether oxygens (including phenoxy) is 2. The molecule has 4 heteroatoms. The van der Waals surface area contributed by atoms with Crippen molar-refractivity contribution >= 4 is 0 Å². The van der Waals surface area contributed by atoms with Gasteiger partial charge in [0.1, 0.15) is 11.5 Å². The summed E-state index contributed by atoms with van der Waals surface area (Å²) < 4.78 is 10.8. The first-order valence-corrected chi connectivity index (χ1v) is 8.67. The van der Waals surface area contributed by atoms with Gasteiger partial charge < -0.3 is 14.8 Å². The molecule has 3 rings (SSSR count). The van der Waals surface area contributed by atoms with Crippen molar-refractivity contribution in [1.29, 1.82) is 0 Å². The van der Waals surface area contributed by atoms with E-state index in [0.717, 1.165) is 29.3 Å². The van der Waals surface area contributed by atoms with Crippen LogP contribution in [0, 0.1) is 0 Å². The second-order valence-electron chi connectivity index (χ2n) is 6.13. The smallest absolute Gasteiger partial charge is 0.128 e. The Morgan fingerprint density at radius 1 is 0.962 bits per heavy atom. The molecule has 1 atom stereocenters. The van der Waals surface area contributed by atoms with Gasteiger partial charge >= 0.3 is 0 Å². The molecule has 0 aliphatic rings. The van der Waals surface area contributed by atoms with E-state index in [0.29, 0.717) is 0 Å². The van der Waals surface area contributed by atoms with Crippen molar-refractivity contribution in [2.45, 2.75) is 19.5 Å². The average Bonchev–Trinajstić information content (AvgIpc) is 2.72. The lowest BCUT2D eigenvalue weighted by atomic mass is 10.0. The van der Waals surface area contributed by atoms with Crippen molar-refractivity contribution in [3.8, 4) is 22.8 Å². The Kier molecular flexibility index (Phi) is 5.87. The summed E-state index contributed by atoms with van der Waals surface area (Å²) in [5, 5.41) is 3.57. The number of benzene rings is 2. The van der Waals surface area contributed by atoms with Gasteiger partial charge in [0.05, 0.1) is 19.9 Å². The number of hydrogen-bond acceptors (Lipinski definition) is 4. The van der Waals surface area contributed by atoms with Gasteiger partial charge in [-0.25, -0.2) is 0 Å². The maximum atomic E-state index is 5.50. The molecule has 0 saturated heterocycles. The molecule has 0 saturated carbocycles. The lowest BCUT2D eigenvalue weighted by Crippen LogP contribution is -2.18. The van der Waals surface area contributed by atoms with E-state index < -0.39 is 0 Å². The second-order valence-corrected chi connectivity index (χ2v) is 6.13. The van der Waals surface area contributed by atoms with Crippen LogP contribution in [-0.2, 0) is 6.54 Å². The van der Waals surface area contributed by atoms with Crippen LogP contribution in [0.3, 0.4) is 0 Å². The third-order valence-corrected chi connectivity index (χ3v) is 4.41. The van der Waals surface area contributed by atoms with E-state index in [9.17, 15) is 0 Å². The standard InChI is InChI=1S/C22H24N2O2/c1-16(18-7-6-8-19(14-18)25-2)24-15-17-10-11-22(26-3)20(13-17)21-9-4-5-12-23-21/h4-14,16,24H,15H2,1-3H3/t16-/m1/s1. The minimum atomic E-state index is 0.213. The monoisotopic (exact) mass is 348 g/mol. The molecule has 0 aliphatic heterocycles. The summed E-state index contributed by atoms with van der Waals surface area (Å²) in [4.78, 5) is 4.45. The van der Waals surface area contributed by atoms with Crippen LogP contribution in [-0.4, -0.2) is 19.2 Å². The van der Waals surface area contributed by atoms with Crippen LogP contribution in [0.1, 0.15) is 24.1 Å². The zero-order chi connectivity index (χ0) is 18.4. The SMILES string of the molecule is COc1cccc([C@@H](C)NCc2ccc(OC)c(-c3ccccn3)c2)c1. The molecule has 0 bridgehead atoms. The highest BCUT2D eigenvalue weighted by atomic mass is 16.5. The second kappa shape index (κ2) is 8.50. The Morgan fingerprint density at radius 2 is 1.85 bits per heavy atom. The van der Waals surface area contributed by atoms with E-state index in [1.807, 2.05) is 36.4 Å². The summed E-state index contributed by atoms with van der Waals surface area (Å²) in [5.41, 5.74) is 4.29. The quantitative estimate of drug-likeness (QED) is 0.677. The molecule has 1 N–H and O–H groups in total. The normalized spacial score (nSPS) is 11.8. The lowest BCUT2D eigenvalue weighted by molar-refractivity contribution is 0.413. The Balaban J connectivity index is 1.76. The fraction of sp³-hybridized carbons (Fsp3) is 0.227. The molecule has 4 nitrogen and oxygen atoms in total. The van der Waals surface area contributed by atoms with Crippen molar-refractivity contribution in [2.75, 3.05) is 14.2 Å². The first-order valence-electron chi connectivity index (χ1n) is 8.67. The molecule has 0 radical (unpaired) electrons. The van der Waals surface area contributed by atoms with Gasteiger partial charge in [-0.2, -0.15) is 0 Å². The molecule has 0 aliphatic carbocycles.